The molecule has 0 aliphatic heterocycles. The lowest BCUT2D eigenvalue weighted by Gasteiger charge is -2.23. The number of unbranched alkanes of at least 4 members (excludes halogenated alkanes) is 3. The number of hydrogen-bond donors (Lipinski definition) is 0. The minimum absolute atomic E-state index is 0.0518. The van der Waals surface area contributed by atoms with E-state index in [0.29, 0.717) is 13.0 Å². The van der Waals surface area contributed by atoms with Gasteiger partial charge in [-0.25, -0.2) is 0 Å². The summed E-state index contributed by atoms with van der Waals surface area (Å²) in [6, 6.07) is 0. The summed E-state index contributed by atoms with van der Waals surface area (Å²) in [5.74, 6) is -0.0518. The van der Waals surface area contributed by atoms with Crippen LogP contribution in [0.25, 0.3) is 0 Å². The molecule has 0 heterocycles. The molecule has 0 aromatic heterocycles. The van der Waals surface area contributed by atoms with Crippen molar-refractivity contribution < 1.29 is 14.0 Å². The molecule has 0 amide bonds. The van der Waals surface area contributed by atoms with Gasteiger partial charge in [0.15, 0.2) is 0 Å². The summed E-state index contributed by atoms with van der Waals surface area (Å²) in [5.41, 5.74) is 0. The number of ether oxygens (including phenoxy) is 1. The molecule has 90 valence electrons. The van der Waals surface area contributed by atoms with E-state index in [9.17, 15) is 4.79 Å². The van der Waals surface area contributed by atoms with Gasteiger partial charge in [-0.1, -0.05) is 6.42 Å². The van der Waals surface area contributed by atoms with Crippen LogP contribution < -0.4 is 0 Å². The fraction of sp³-hybridized carbons (Fsp3) is 0.917. The number of quaternary nitrogens is 1. The smallest absolute Gasteiger partial charge is 0.305 e. The predicted octanol–water partition coefficient (Wildman–Crippen LogP) is 2.21. The third kappa shape index (κ3) is 11.4. The van der Waals surface area contributed by atoms with E-state index in [-0.39, 0.29) is 5.97 Å². The van der Waals surface area contributed by atoms with Crippen LogP contribution in [0.15, 0.2) is 0 Å². The van der Waals surface area contributed by atoms with E-state index in [1.165, 1.54) is 19.4 Å². The summed E-state index contributed by atoms with van der Waals surface area (Å²) in [4.78, 5) is 11.0. The van der Waals surface area contributed by atoms with E-state index in [1.54, 1.807) is 0 Å². The molecular formula is C12H26NO2+. The maximum Gasteiger partial charge on any atom is 0.305 e. The van der Waals surface area contributed by atoms with Crippen molar-refractivity contribution in [2.24, 2.45) is 0 Å². The van der Waals surface area contributed by atoms with Crippen molar-refractivity contribution in [2.45, 2.75) is 39.0 Å². The van der Waals surface area contributed by atoms with Crippen LogP contribution >= 0.6 is 0 Å². The first-order valence-corrected chi connectivity index (χ1v) is 5.92. The van der Waals surface area contributed by atoms with Gasteiger partial charge in [-0.05, 0) is 26.2 Å². The molecule has 0 aliphatic rings. The highest BCUT2D eigenvalue weighted by molar-refractivity contribution is 5.69. The van der Waals surface area contributed by atoms with Crippen molar-refractivity contribution in [1.82, 2.24) is 0 Å². The van der Waals surface area contributed by atoms with Crippen molar-refractivity contribution in [2.75, 3.05) is 34.3 Å². The molecule has 0 atom stereocenters. The van der Waals surface area contributed by atoms with Crippen molar-refractivity contribution >= 4 is 5.97 Å². The summed E-state index contributed by atoms with van der Waals surface area (Å²) in [7, 11) is 6.62. The van der Waals surface area contributed by atoms with E-state index < -0.39 is 0 Å². The Morgan fingerprint density at radius 1 is 1.07 bits per heavy atom. The minimum atomic E-state index is -0.0518. The molecule has 3 heteroatoms. The molecule has 0 aromatic carbocycles. The molecule has 15 heavy (non-hydrogen) atoms. The second-order valence-corrected chi connectivity index (χ2v) is 4.98. The fourth-order valence-electron chi connectivity index (χ4n) is 1.44. The summed E-state index contributed by atoms with van der Waals surface area (Å²) in [5, 5.41) is 0. The number of rotatable bonds is 8. The average molecular weight is 216 g/mol. The number of carbonyl (C=O) groups excluding carboxylic acids is 1. The van der Waals surface area contributed by atoms with Crippen LogP contribution in [0.3, 0.4) is 0 Å². The molecule has 0 fully saturated rings. The third-order valence-electron chi connectivity index (χ3n) is 2.27. The second-order valence-electron chi connectivity index (χ2n) is 4.98. The van der Waals surface area contributed by atoms with Gasteiger partial charge < -0.3 is 9.22 Å². The molecule has 0 N–H and O–H groups in total. The van der Waals surface area contributed by atoms with E-state index in [2.05, 4.69) is 21.1 Å². The summed E-state index contributed by atoms with van der Waals surface area (Å²) in [6.45, 7) is 3.55. The van der Waals surface area contributed by atoms with Crippen LogP contribution in [0.1, 0.15) is 39.0 Å². The molecule has 3 nitrogen and oxygen atoms in total. The molecule has 0 saturated heterocycles. The lowest BCUT2D eigenvalue weighted by Crippen LogP contribution is -2.35. The van der Waals surface area contributed by atoms with Crippen LogP contribution in [0, 0.1) is 0 Å². The third-order valence-corrected chi connectivity index (χ3v) is 2.27. The van der Waals surface area contributed by atoms with Crippen molar-refractivity contribution in [1.29, 1.82) is 0 Å². The molecule has 0 radical (unpaired) electrons. The standard InChI is InChI=1S/C12H26NO2/c1-5-15-12(14)10-8-6-7-9-11-13(2,3)4/h5-11H2,1-4H3/q+1. The Labute approximate surface area is 94.0 Å². The lowest BCUT2D eigenvalue weighted by molar-refractivity contribution is -0.870. The Hall–Kier alpha value is -0.570. The average Bonchev–Trinajstić information content (AvgIpc) is 2.09. The highest BCUT2D eigenvalue weighted by Crippen LogP contribution is 2.06. The van der Waals surface area contributed by atoms with Gasteiger partial charge in [0.2, 0.25) is 0 Å². The minimum Gasteiger partial charge on any atom is -0.466 e. The second kappa shape index (κ2) is 7.69. The Balaban J connectivity index is 3.22. The maximum absolute atomic E-state index is 11.0. The predicted molar refractivity (Wildman–Crippen MR) is 62.6 cm³/mol. The summed E-state index contributed by atoms with van der Waals surface area (Å²) >= 11 is 0. The van der Waals surface area contributed by atoms with Crippen LogP contribution in [0.5, 0.6) is 0 Å². The number of esters is 1. The van der Waals surface area contributed by atoms with Gasteiger partial charge in [-0.2, -0.15) is 0 Å². The van der Waals surface area contributed by atoms with E-state index in [1.807, 2.05) is 6.92 Å². The Morgan fingerprint density at radius 2 is 1.67 bits per heavy atom. The first-order valence-electron chi connectivity index (χ1n) is 5.92. The zero-order valence-electron chi connectivity index (χ0n) is 10.7. The van der Waals surface area contributed by atoms with E-state index in [4.69, 9.17) is 4.74 Å². The van der Waals surface area contributed by atoms with Gasteiger partial charge in [0.25, 0.3) is 0 Å². The molecule has 0 aromatic rings. The zero-order chi connectivity index (χ0) is 11.7. The normalized spacial score (nSPS) is 11.5. The van der Waals surface area contributed by atoms with Gasteiger partial charge in [0.1, 0.15) is 0 Å². The first kappa shape index (κ1) is 14.4. The molecule has 0 spiro atoms. The van der Waals surface area contributed by atoms with Crippen LogP contribution in [-0.2, 0) is 9.53 Å². The van der Waals surface area contributed by atoms with Crippen molar-refractivity contribution in [3.63, 3.8) is 0 Å². The SMILES string of the molecule is CCOC(=O)CCCCCC[N+](C)(C)C. The maximum atomic E-state index is 11.0. The number of hydrogen-bond acceptors (Lipinski definition) is 2. The van der Waals surface area contributed by atoms with Crippen LogP contribution in [-0.4, -0.2) is 44.7 Å². The lowest BCUT2D eigenvalue weighted by atomic mass is 10.1. The fourth-order valence-corrected chi connectivity index (χ4v) is 1.44. The van der Waals surface area contributed by atoms with E-state index in [0.717, 1.165) is 17.3 Å². The Bertz CT molecular complexity index is 173. The monoisotopic (exact) mass is 216 g/mol. The largest absolute Gasteiger partial charge is 0.466 e. The van der Waals surface area contributed by atoms with Gasteiger partial charge in [-0.15, -0.1) is 0 Å². The van der Waals surface area contributed by atoms with Crippen LogP contribution in [0.4, 0.5) is 0 Å². The Morgan fingerprint density at radius 3 is 2.20 bits per heavy atom. The molecular weight excluding hydrogens is 190 g/mol. The van der Waals surface area contributed by atoms with E-state index >= 15 is 0 Å². The Kier molecular flexibility index (Phi) is 7.39. The molecule has 0 rings (SSSR count). The molecule has 0 aliphatic carbocycles. The van der Waals surface area contributed by atoms with Crippen LogP contribution in [0.2, 0.25) is 0 Å². The zero-order valence-corrected chi connectivity index (χ0v) is 10.7. The highest BCUT2D eigenvalue weighted by atomic mass is 16.5. The van der Waals surface area contributed by atoms with Gasteiger partial charge in [-0.3, -0.25) is 4.79 Å². The number of carbonyl (C=O) groups is 1. The first-order chi connectivity index (χ1) is 6.95. The topological polar surface area (TPSA) is 26.3 Å². The van der Waals surface area contributed by atoms with Gasteiger partial charge in [0, 0.05) is 6.42 Å². The van der Waals surface area contributed by atoms with Gasteiger partial charge >= 0.3 is 5.97 Å². The highest BCUT2D eigenvalue weighted by Gasteiger charge is 2.06. The van der Waals surface area contributed by atoms with Gasteiger partial charge in [0.05, 0.1) is 34.3 Å². The molecule has 0 saturated carbocycles. The summed E-state index contributed by atoms with van der Waals surface area (Å²) in [6.07, 6.45) is 5.15. The quantitative estimate of drug-likeness (QED) is 0.353. The van der Waals surface area contributed by atoms with Crippen molar-refractivity contribution in [3.05, 3.63) is 0 Å². The summed E-state index contributed by atoms with van der Waals surface area (Å²) < 4.78 is 5.89. The molecule has 0 bridgehead atoms. The molecule has 0 unspecified atom stereocenters. The van der Waals surface area contributed by atoms with Crippen molar-refractivity contribution in [3.8, 4) is 0 Å². The number of nitrogens with zero attached hydrogens (tertiary/aromatic N) is 1.